The van der Waals surface area contributed by atoms with Gasteiger partial charge in [0.25, 0.3) is 0 Å². The molecule has 0 amide bonds. The van der Waals surface area contributed by atoms with Gasteiger partial charge in [0.15, 0.2) is 0 Å². The molecule has 0 bridgehead atoms. The summed E-state index contributed by atoms with van der Waals surface area (Å²) >= 11 is 5.70. The Kier molecular flexibility index (Phi) is 5.63. The first-order valence-electron chi connectivity index (χ1n) is 5.43. The number of halogens is 1. The molecule has 1 heterocycles. The largest absolute Gasteiger partial charge is 0.411 e. The van der Waals surface area contributed by atoms with Gasteiger partial charge in [0.2, 0.25) is 0 Å². The van der Waals surface area contributed by atoms with E-state index in [9.17, 15) is 0 Å². The summed E-state index contributed by atoms with van der Waals surface area (Å²) < 4.78 is 0. The Morgan fingerprint density at radius 2 is 2.29 bits per heavy atom. The number of rotatable bonds is 5. The molecule has 4 nitrogen and oxygen atoms in total. The van der Waals surface area contributed by atoms with Crippen LogP contribution in [0.15, 0.2) is 28.5 Å². The molecule has 0 aliphatic rings. The summed E-state index contributed by atoms with van der Waals surface area (Å²) in [6.07, 6.45) is 3.64. The van der Waals surface area contributed by atoms with Crippen LogP contribution in [-0.2, 0) is 6.42 Å². The number of aromatic nitrogens is 1. The lowest BCUT2D eigenvalue weighted by atomic mass is 10.1. The predicted molar refractivity (Wildman–Crippen MR) is 70.4 cm³/mol. The fraction of sp³-hybridized carbons (Fsp3) is 0.417. The van der Waals surface area contributed by atoms with Gasteiger partial charge in [0.05, 0.1) is 11.9 Å². The molecule has 1 aromatic rings. The highest BCUT2D eigenvalue weighted by molar-refractivity contribution is 6.31. The number of pyridine rings is 1. The Morgan fingerprint density at radius 3 is 2.82 bits per heavy atom. The van der Waals surface area contributed by atoms with Crippen molar-refractivity contribution < 1.29 is 5.21 Å². The molecule has 5 heteroatoms. The van der Waals surface area contributed by atoms with Crippen LogP contribution in [0.25, 0.3) is 0 Å². The van der Waals surface area contributed by atoms with E-state index < -0.39 is 0 Å². The average Bonchev–Trinajstić information content (AvgIpc) is 2.29. The predicted octanol–water partition coefficient (Wildman–Crippen LogP) is 2.83. The van der Waals surface area contributed by atoms with E-state index in [-0.39, 0.29) is 0 Å². The molecule has 92 valence electrons. The Bertz CT molecular complexity index is 399. The number of aliphatic imine (C=N–C) groups is 1. The lowest BCUT2D eigenvalue weighted by Crippen LogP contribution is -2.08. The SMILES string of the molecule is CC(C)CN=C(C=NO)Cc1ccc(Cl)nc1. The molecular weight excluding hydrogens is 238 g/mol. The van der Waals surface area contributed by atoms with Gasteiger partial charge < -0.3 is 5.21 Å². The second-order valence-electron chi connectivity index (χ2n) is 4.14. The zero-order valence-corrected chi connectivity index (χ0v) is 10.7. The van der Waals surface area contributed by atoms with Crippen molar-refractivity contribution in [3.8, 4) is 0 Å². The van der Waals surface area contributed by atoms with Crippen molar-refractivity contribution in [3.63, 3.8) is 0 Å². The summed E-state index contributed by atoms with van der Waals surface area (Å²) in [4.78, 5) is 8.37. The zero-order valence-electron chi connectivity index (χ0n) is 9.97. The van der Waals surface area contributed by atoms with Crippen molar-refractivity contribution in [2.45, 2.75) is 20.3 Å². The van der Waals surface area contributed by atoms with Gasteiger partial charge >= 0.3 is 0 Å². The van der Waals surface area contributed by atoms with Crippen molar-refractivity contribution in [2.75, 3.05) is 6.54 Å². The van der Waals surface area contributed by atoms with Crippen LogP contribution < -0.4 is 0 Å². The first-order chi connectivity index (χ1) is 8.11. The van der Waals surface area contributed by atoms with Crippen LogP contribution in [0.2, 0.25) is 5.15 Å². The maximum atomic E-state index is 8.58. The summed E-state index contributed by atoms with van der Waals surface area (Å²) in [6.45, 7) is 4.88. The van der Waals surface area contributed by atoms with E-state index in [2.05, 4.69) is 29.0 Å². The maximum absolute atomic E-state index is 8.58. The van der Waals surface area contributed by atoms with Crippen LogP contribution in [0.5, 0.6) is 0 Å². The molecule has 1 N–H and O–H groups in total. The molecule has 0 radical (unpaired) electrons. The van der Waals surface area contributed by atoms with Gasteiger partial charge in [-0.15, -0.1) is 0 Å². The lowest BCUT2D eigenvalue weighted by molar-refractivity contribution is 0.322. The van der Waals surface area contributed by atoms with Crippen LogP contribution in [0, 0.1) is 5.92 Å². The highest BCUT2D eigenvalue weighted by atomic mass is 35.5. The van der Waals surface area contributed by atoms with Gasteiger partial charge in [-0.25, -0.2) is 4.98 Å². The second-order valence-corrected chi connectivity index (χ2v) is 4.52. The van der Waals surface area contributed by atoms with Gasteiger partial charge in [-0.3, -0.25) is 4.99 Å². The van der Waals surface area contributed by atoms with Gasteiger partial charge in [-0.1, -0.05) is 36.7 Å². The van der Waals surface area contributed by atoms with Gasteiger partial charge in [-0.2, -0.15) is 0 Å². The summed E-state index contributed by atoms with van der Waals surface area (Å²) in [6, 6.07) is 3.61. The van der Waals surface area contributed by atoms with Crippen molar-refractivity contribution in [1.82, 2.24) is 4.98 Å². The molecule has 0 aromatic carbocycles. The normalized spacial score (nSPS) is 12.6. The van der Waals surface area contributed by atoms with Crippen molar-refractivity contribution in [3.05, 3.63) is 29.0 Å². The number of oxime groups is 1. The summed E-state index contributed by atoms with van der Waals surface area (Å²) in [5.74, 6) is 0.473. The third kappa shape index (κ3) is 5.45. The molecule has 0 saturated heterocycles. The standard InChI is InChI=1S/C12H16ClN3O/c1-9(2)6-14-11(8-16-17)5-10-3-4-12(13)15-7-10/h3-4,7-9,17H,5-6H2,1-2H3. The minimum absolute atomic E-state index is 0.463. The molecule has 0 unspecified atom stereocenters. The summed E-state index contributed by atoms with van der Waals surface area (Å²) in [7, 11) is 0. The highest BCUT2D eigenvalue weighted by Crippen LogP contribution is 2.06. The zero-order chi connectivity index (χ0) is 12.7. The van der Waals surface area contributed by atoms with E-state index in [4.69, 9.17) is 16.8 Å². The number of hydrogen-bond donors (Lipinski definition) is 1. The van der Waals surface area contributed by atoms with Crippen LogP contribution in [-0.4, -0.2) is 28.7 Å². The molecular formula is C12H16ClN3O. The first-order valence-corrected chi connectivity index (χ1v) is 5.80. The van der Waals surface area contributed by atoms with E-state index in [0.717, 1.165) is 11.3 Å². The van der Waals surface area contributed by atoms with Gasteiger partial charge in [0, 0.05) is 19.2 Å². The summed E-state index contributed by atoms with van der Waals surface area (Å²) in [5, 5.41) is 12.1. The molecule has 0 spiro atoms. The molecule has 17 heavy (non-hydrogen) atoms. The van der Waals surface area contributed by atoms with Crippen molar-refractivity contribution in [2.24, 2.45) is 16.1 Å². The van der Waals surface area contributed by atoms with Crippen molar-refractivity contribution >= 4 is 23.5 Å². The van der Waals surface area contributed by atoms with E-state index in [1.54, 1.807) is 12.3 Å². The Labute approximate surface area is 106 Å². The number of hydrogen-bond acceptors (Lipinski definition) is 4. The van der Waals surface area contributed by atoms with Crippen molar-refractivity contribution in [1.29, 1.82) is 0 Å². The van der Waals surface area contributed by atoms with Gasteiger partial charge in [-0.05, 0) is 17.5 Å². The summed E-state index contributed by atoms with van der Waals surface area (Å²) in [5.41, 5.74) is 1.71. The monoisotopic (exact) mass is 253 g/mol. The van der Waals surface area contributed by atoms with E-state index >= 15 is 0 Å². The maximum Gasteiger partial charge on any atom is 0.129 e. The molecule has 1 aromatic heterocycles. The molecule has 0 saturated carbocycles. The van der Waals surface area contributed by atoms with E-state index in [1.165, 1.54) is 6.21 Å². The third-order valence-electron chi connectivity index (χ3n) is 2.04. The van der Waals surface area contributed by atoms with Crippen LogP contribution >= 0.6 is 11.6 Å². The van der Waals surface area contributed by atoms with E-state index in [1.807, 2.05) is 6.07 Å². The second kappa shape index (κ2) is 7.01. The number of nitrogens with zero attached hydrogens (tertiary/aromatic N) is 3. The minimum Gasteiger partial charge on any atom is -0.411 e. The topological polar surface area (TPSA) is 57.8 Å². The van der Waals surface area contributed by atoms with Gasteiger partial charge in [0.1, 0.15) is 5.15 Å². The quantitative estimate of drug-likeness (QED) is 0.380. The third-order valence-corrected chi connectivity index (χ3v) is 2.26. The molecule has 0 aliphatic carbocycles. The molecule has 1 rings (SSSR count). The first kappa shape index (κ1) is 13.6. The Balaban J connectivity index is 2.72. The highest BCUT2D eigenvalue weighted by Gasteiger charge is 2.01. The fourth-order valence-corrected chi connectivity index (χ4v) is 1.34. The molecule has 0 atom stereocenters. The molecule has 0 fully saturated rings. The lowest BCUT2D eigenvalue weighted by Gasteiger charge is -2.03. The fourth-order valence-electron chi connectivity index (χ4n) is 1.23. The van der Waals surface area contributed by atoms with Crippen LogP contribution in [0.4, 0.5) is 0 Å². The van der Waals surface area contributed by atoms with Crippen LogP contribution in [0.1, 0.15) is 19.4 Å². The smallest absolute Gasteiger partial charge is 0.129 e. The Hall–Kier alpha value is -1.42. The van der Waals surface area contributed by atoms with E-state index in [0.29, 0.717) is 24.0 Å². The minimum atomic E-state index is 0.463. The average molecular weight is 254 g/mol. The molecule has 0 aliphatic heterocycles. The van der Waals surface area contributed by atoms with Crippen LogP contribution in [0.3, 0.4) is 0 Å². The Morgan fingerprint density at radius 1 is 1.53 bits per heavy atom.